The number of rotatable bonds is 3. The van der Waals surface area contributed by atoms with Crippen molar-refractivity contribution in [3.8, 4) is 0 Å². The van der Waals surface area contributed by atoms with Gasteiger partial charge in [0, 0.05) is 10.0 Å². The number of nitrogens with one attached hydrogen (secondary N) is 1. The molecule has 0 saturated heterocycles. The van der Waals surface area contributed by atoms with E-state index in [4.69, 9.17) is 5.11 Å². The number of halogens is 2. The van der Waals surface area contributed by atoms with Crippen molar-refractivity contribution in [3.05, 3.63) is 63.4 Å². The summed E-state index contributed by atoms with van der Waals surface area (Å²) in [4.78, 5) is 23.0. The summed E-state index contributed by atoms with van der Waals surface area (Å²) in [6, 6.07) is 8.41. The minimum absolute atomic E-state index is 0.0450. The molecule has 2 aromatic carbocycles. The zero-order valence-corrected chi connectivity index (χ0v) is 12.6. The zero-order valence-electron chi connectivity index (χ0n) is 11.0. The summed E-state index contributed by atoms with van der Waals surface area (Å²) < 4.78 is 14.0. The van der Waals surface area contributed by atoms with E-state index < -0.39 is 17.7 Å². The number of carbonyl (C=O) groups is 2. The molecule has 108 valence electrons. The highest BCUT2D eigenvalue weighted by Gasteiger charge is 2.12. The lowest BCUT2D eigenvalue weighted by Crippen LogP contribution is -2.13. The average Bonchev–Trinajstić information content (AvgIpc) is 2.43. The molecule has 2 N–H and O–H groups in total. The van der Waals surface area contributed by atoms with Crippen LogP contribution in [-0.4, -0.2) is 17.0 Å². The normalized spacial score (nSPS) is 10.2. The maximum atomic E-state index is 13.5. The third-order valence-corrected chi connectivity index (χ3v) is 3.59. The summed E-state index contributed by atoms with van der Waals surface area (Å²) in [6.07, 6.45) is 0. The largest absolute Gasteiger partial charge is 0.478 e. The summed E-state index contributed by atoms with van der Waals surface area (Å²) in [7, 11) is 0. The molecule has 0 bridgehead atoms. The van der Waals surface area contributed by atoms with Crippen LogP contribution in [0.3, 0.4) is 0 Å². The Balaban J connectivity index is 2.28. The molecule has 0 aliphatic carbocycles. The van der Waals surface area contributed by atoms with E-state index in [0.717, 1.165) is 6.07 Å². The van der Waals surface area contributed by atoms with Crippen LogP contribution in [0, 0.1) is 12.7 Å². The van der Waals surface area contributed by atoms with Gasteiger partial charge in [-0.15, -0.1) is 0 Å². The zero-order chi connectivity index (χ0) is 15.6. The van der Waals surface area contributed by atoms with E-state index in [0.29, 0.717) is 15.7 Å². The molecule has 0 saturated carbocycles. The molecule has 21 heavy (non-hydrogen) atoms. The van der Waals surface area contributed by atoms with Crippen molar-refractivity contribution in [2.24, 2.45) is 0 Å². The van der Waals surface area contributed by atoms with Crippen molar-refractivity contribution >= 4 is 33.5 Å². The Morgan fingerprint density at radius 2 is 1.81 bits per heavy atom. The minimum atomic E-state index is -1.10. The fourth-order valence-electron chi connectivity index (χ4n) is 1.68. The molecule has 2 rings (SSSR count). The van der Waals surface area contributed by atoms with Crippen LogP contribution in [0.1, 0.15) is 26.3 Å². The first kappa shape index (κ1) is 15.2. The molecule has 0 unspecified atom stereocenters. The Labute approximate surface area is 128 Å². The van der Waals surface area contributed by atoms with Gasteiger partial charge in [-0.2, -0.15) is 0 Å². The number of anilines is 1. The first-order valence-electron chi connectivity index (χ1n) is 5.99. The molecule has 0 aliphatic heterocycles. The van der Waals surface area contributed by atoms with Crippen LogP contribution in [0.5, 0.6) is 0 Å². The average molecular weight is 352 g/mol. The molecule has 0 atom stereocenters. The monoisotopic (exact) mass is 351 g/mol. The van der Waals surface area contributed by atoms with Crippen molar-refractivity contribution < 1.29 is 19.1 Å². The van der Waals surface area contributed by atoms with Crippen molar-refractivity contribution in [3.63, 3.8) is 0 Å². The van der Waals surface area contributed by atoms with Crippen molar-refractivity contribution in [1.29, 1.82) is 0 Å². The Morgan fingerprint density at radius 3 is 2.43 bits per heavy atom. The Bertz CT molecular complexity index is 731. The second-order valence-corrected chi connectivity index (χ2v) is 5.27. The van der Waals surface area contributed by atoms with E-state index in [1.54, 1.807) is 6.92 Å². The highest BCUT2D eigenvalue weighted by molar-refractivity contribution is 9.10. The highest BCUT2D eigenvalue weighted by Crippen LogP contribution is 2.24. The summed E-state index contributed by atoms with van der Waals surface area (Å²) in [5.74, 6) is -2.09. The quantitative estimate of drug-likeness (QED) is 0.882. The maximum absolute atomic E-state index is 13.5. The predicted molar refractivity (Wildman–Crippen MR) is 80.2 cm³/mol. The lowest BCUT2D eigenvalue weighted by Gasteiger charge is -2.09. The molecule has 0 spiro atoms. The van der Waals surface area contributed by atoms with Crippen molar-refractivity contribution in [1.82, 2.24) is 0 Å². The molecule has 0 radical (unpaired) electrons. The number of carboxylic acids is 1. The third kappa shape index (κ3) is 3.46. The Hall–Kier alpha value is -2.21. The predicted octanol–water partition coefficient (Wildman–Crippen LogP) is 3.85. The van der Waals surface area contributed by atoms with Gasteiger partial charge in [0.1, 0.15) is 5.82 Å². The topological polar surface area (TPSA) is 66.4 Å². The van der Waals surface area contributed by atoms with Crippen LogP contribution in [0.4, 0.5) is 10.1 Å². The van der Waals surface area contributed by atoms with Gasteiger partial charge in [0.2, 0.25) is 0 Å². The van der Waals surface area contributed by atoms with E-state index in [-0.39, 0.29) is 11.1 Å². The standard InChI is InChI=1S/C15H11BrFNO3/c1-8-2-3-9(6-12(8)17)14(19)18-13-7-10(15(20)21)4-5-11(13)16/h2-7H,1H3,(H,18,19)(H,20,21). The molecule has 1 amide bonds. The molecule has 0 fully saturated rings. The molecular weight excluding hydrogens is 341 g/mol. The van der Waals surface area contributed by atoms with Gasteiger partial charge in [0.25, 0.3) is 5.91 Å². The highest BCUT2D eigenvalue weighted by atomic mass is 79.9. The number of hydrogen-bond acceptors (Lipinski definition) is 2. The van der Waals surface area contributed by atoms with Crippen molar-refractivity contribution in [2.45, 2.75) is 6.92 Å². The second kappa shape index (κ2) is 6.05. The second-order valence-electron chi connectivity index (χ2n) is 4.42. The number of aryl methyl sites for hydroxylation is 1. The van der Waals surface area contributed by atoms with Gasteiger partial charge in [-0.1, -0.05) is 6.07 Å². The summed E-state index contributed by atoms with van der Waals surface area (Å²) in [6.45, 7) is 1.60. The summed E-state index contributed by atoms with van der Waals surface area (Å²) in [5.41, 5.74) is 0.954. The fourth-order valence-corrected chi connectivity index (χ4v) is 2.03. The van der Waals surface area contributed by atoms with Gasteiger partial charge in [0.05, 0.1) is 11.3 Å². The number of aromatic carboxylic acids is 1. The summed E-state index contributed by atoms with van der Waals surface area (Å²) in [5, 5.41) is 11.5. The number of carbonyl (C=O) groups excluding carboxylic acids is 1. The van der Waals surface area contributed by atoms with Crippen LogP contribution in [0.2, 0.25) is 0 Å². The van der Waals surface area contributed by atoms with E-state index in [1.807, 2.05) is 0 Å². The fraction of sp³-hybridized carbons (Fsp3) is 0.0667. The third-order valence-electron chi connectivity index (χ3n) is 2.90. The van der Waals surface area contributed by atoms with Gasteiger partial charge >= 0.3 is 5.97 Å². The van der Waals surface area contributed by atoms with Crippen LogP contribution in [-0.2, 0) is 0 Å². The Kier molecular flexibility index (Phi) is 4.37. The first-order valence-corrected chi connectivity index (χ1v) is 6.78. The number of carboxylic acid groups (broad SMARTS) is 1. The van der Waals surface area contributed by atoms with Gasteiger partial charge in [-0.05, 0) is 58.7 Å². The molecule has 0 aromatic heterocycles. The Morgan fingerprint density at radius 1 is 1.14 bits per heavy atom. The van der Waals surface area contributed by atoms with Gasteiger partial charge < -0.3 is 10.4 Å². The number of hydrogen-bond donors (Lipinski definition) is 2. The van der Waals surface area contributed by atoms with E-state index in [1.165, 1.54) is 30.3 Å². The summed E-state index contributed by atoms with van der Waals surface area (Å²) >= 11 is 3.22. The van der Waals surface area contributed by atoms with E-state index >= 15 is 0 Å². The number of benzene rings is 2. The van der Waals surface area contributed by atoms with Crippen molar-refractivity contribution in [2.75, 3.05) is 5.32 Å². The van der Waals surface area contributed by atoms with Crippen LogP contribution in [0.25, 0.3) is 0 Å². The minimum Gasteiger partial charge on any atom is -0.478 e. The maximum Gasteiger partial charge on any atom is 0.335 e. The molecule has 4 nitrogen and oxygen atoms in total. The van der Waals surface area contributed by atoms with Gasteiger partial charge in [-0.3, -0.25) is 4.79 Å². The first-order chi connectivity index (χ1) is 9.88. The molecular formula is C15H11BrFNO3. The molecule has 0 heterocycles. The molecule has 6 heteroatoms. The van der Waals surface area contributed by atoms with E-state index in [9.17, 15) is 14.0 Å². The van der Waals surface area contributed by atoms with Gasteiger partial charge in [-0.25, -0.2) is 9.18 Å². The van der Waals surface area contributed by atoms with Crippen LogP contribution >= 0.6 is 15.9 Å². The smallest absolute Gasteiger partial charge is 0.335 e. The molecule has 0 aliphatic rings. The van der Waals surface area contributed by atoms with Crippen LogP contribution in [0.15, 0.2) is 40.9 Å². The number of amides is 1. The molecule has 2 aromatic rings. The van der Waals surface area contributed by atoms with Crippen LogP contribution < -0.4 is 5.32 Å². The lowest BCUT2D eigenvalue weighted by molar-refractivity contribution is 0.0696. The van der Waals surface area contributed by atoms with Gasteiger partial charge in [0.15, 0.2) is 0 Å². The SMILES string of the molecule is Cc1ccc(C(=O)Nc2cc(C(=O)O)ccc2Br)cc1F. The van der Waals surface area contributed by atoms with E-state index in [2.05, 4.69) is 21.2 Å². The lowest BCUT2D eigenvalue weighted by atomic mass is 10.1.